The van der Waals surface area contributed by atoms with Crippen LogP contribution in [0.4, 0.5) is 8.78 Å². The summed E-state index contributed by atoms with van der Waals surface area (Å²) in [5, 5.41) is 10.9. The largest absolute Gasteiger partial charge is 0.389 e. The molecule has 1 aromatic heterocycles. The fourth-order valence-corrected chi connectivity index (χ4v) is 2.21. The average molecular weight is 360 g/mol. The van der Waals surface area contributed by atoms with E-state index in [0.717, 1.165) is 9.36 Å². The molecule has 24 heavy (non-hydrogen) atoms. The maximum absolute atomic E-state index is 12.7. The minimum Gasteiger partial charge on any atom is -0.389 e. The normalized spacial score (nSPS) is 13.9. The number of hydrogen-bond acceptors (Lipinski definition) is 6. The number of rotatable bonds is 8. The van der Waals surface area contributed by atoms with Gasteiger partial charge in [0.25, 0.3) is 5.76 Å². The van der Waals surface area contributed by atoms with E-state index < -0.39 is 11.4 Å². The van der Waals surface area contributed by atoms with Crippen molar-refractivity contribution in [2.75, 3.05) is 6.61 Å². The number of nitrogens with zero attached hydrogens (tertiary/aromatic N) is 5. The average Bonchev–Trinajstić information content (AvgIpc) is 2.80. The van der Waals surface area contributed by atoms with Gasteiger partial charge in [0.2, 0.25) is 0 Å². The van der Waals surface area contributed by atoms with E-state index in [1.165, 1.54) is 33.0 Å². The molecule has 0 fully saturated rings. The Kier molecular flexibility index (Phi) is 7.36. The highest BCUT2D eigenvalue weighted by Crippen LogP contribution is 2.30. The van der Waals surface area contributed by atoms with Gasteiger partial charge in [-0.2, -0.15) is 18.1 Å². The van der Waals surface area contributed by atoms with Crippen molar-refractivity contribution < 1.29 is 13.6 Å². The molecule has 0 aromatic carbocycles. The molecule has 0 saturated carbocycles. The molecular formula is C13H18F2N6O2S. The Bertz CT molecular complexity index is 731. The van der Waals surface area contributed by atoms with Gasteiger partial charge in [0.15, 0.2) is 0 Å². The van der Waals surface area contributed by atoms with Crippen molar-refractivity contribution in [3.05, 3.63) is 39.7 Å². The van der Waals surface area contributed by atoms with E-state index in [-0.39, 0.29) is 28.6 Å². The molecule has 0 amide bonds. The molecular weight excluding hydrogens is 342 g/mol. The first-order valence-electron chi connectivity index (χ1n) is 6.67. The Labute approximate surface area is 141 Å². The Morgan fingerprint density at radius 3 is 2.62 bits per heavy atom. The Balaban J connectivity index is 3.39. The lowest BCUT2D eigenvalue weighted by Gasteiger charge is -2.13. The van der Waals surface area contributed by atoms with Crippen molar-refractivity contribution in [1.82, 2.24) is 19.8 Å². The van der Waals surface area contributed by atoms with Crippen molar-refractivity contribution in [2.24, 2.45) is 17.9 Å². The summed E-state index contributed by atoms with van der Waals surface area (Å²) in [5.41, 5.74) is 5.33. The molecule has 0 unspecified atom stereocenters. The van der Waals surface area contributed by atoms with Crippen molar-refractivity contribution in [3.8, 4) is 0 Å². The molecule has 0 aliphatic rings. The first-order chi connectivity index (χ1) is 11.3. The smallest absolute Gasteiger partial charge is 0.368 e. The number of aryl methyl sites for hydroxylation is 1. The van der Waals surface area contributed by atoms with Gasteiger partial charge in [0.05, 0.1) is 5.70 Å². The Morgan fingerprint density at radius 2 is 2.17 bits per heavy atom. The summed E-state index contributed by atoms with van der Waals surface area (Å²) >= 11 is 0.324. The van der Waals surface area contributed by atoms with Gasteiger partial charge >= 0.3 is 5.69 Å². The molecule has 8 nitrogen and oxygen atoms in total. The van der Waals surface area contributed by atoms with Gasteiger partial charge < -0.3 is 10.6 Å². The summed E-state index contributed by atoms with van der Waals surface area (Å²) in [6.45, 7) is 6.36. The zero-order chi connectivity index (χ0) is 18.3. The van der Waals surface area contributed by atoms with E-state index >= 15 is 0 Å². The minimum absolute atomic E-state index is 0.166. The van der Waals surface area contributed by atoms with Gasteiger partial charge in [-0.3, -0.25) is 0 Å². The highest BCUT2D eigenvalue weighted by Gasteiger charge is 2.19. The third-order valence-corrected chi connectivity index (χ3v) is 3.42. The third kappa shape index (κ3) is 5.33. The van der Waals surface area contributed by atoms with Crippen LogP contribution < -0.4 is 11.4 Å². The number of allylic oxidation sites excluding steroid dienone is 3. The monoisotopic (exact) mass is 360 g/mol. The van der Waals surface area contributed by atoms with E-state index in [0.29, 0.717) is 11.8 Å². The fourth-order valence-electron chi connectivity index (χ4n) is 1.63. The number of halogens is 2. The highest BCUT2D eigenvalue weighted by molar-refractivity contribution is 8.03. The number of tetrazole rings is 1. The lowest BCUT2D eigenvalue weighted by molar-refractivity contribution is 0.169. The third-order valence-electron chi connectivity index (χ3n) is 2.64. The first kappa shape index (κ1) is 19.6. The number of thioether (sulfide) groups is 1. The van der Waals surface area contributed by atoms with E-state index in [9.17, 15) is 13.6 Å². The molecule has 0 aliphatic heterocycles. The molecule has 1 aromatic rings. The zero-order valence-electron chi connectivity index (χ0n) is 13.4. The summed E-state index contributed by atoms with van der Waals surface area (Å²) in [4.78, 5) is 17.4. The maximum Gasteiger partial charge on any atom is 0.368 e. The number of alkyl halides is 2. The molecule has 11 heteroatoms. The van der Waals surface area contributed by atoms with Crippen LogP contribution in [-0.2, 0) is 11.9 Å². The summed E-state index contributed by atoms with van der Waals surface area (Å²) < 4.78 is 27.4. The van der Waals surface area contributed by atoms with Gasteiger partial charge in [0, 0.05) is 12.6 Å². The van der Waals surface area contributed by atoms with Crippen LogP contribution >= 0.6 is 11.8 Å². The van der Waals surface area contributed by atoms with Crippen molar-refractivity contribution in [2.45, 2.75) is 19.6 Å². The first-order valence-corrected chi connectivity index (χ1v) is 7.55. The molecule has 0 radical (unpaired) electrons. The molecule has 0 saturated heterocycles. The lowest BCUT2D eigenvalue weighted by Crippen LogP contribution is -2.24. The Morgan fingerprint density at radius 1 is 1.50 bits per heavy atom. The molecule has 0 atom stereocenters. The predicted octanol–water partition coefficient (Wildman–Crippen LogP) is 1.54. The zero-order valence-corrected chi connectivity index (χ0v) is 14.3. The standard InChI is InChI=1S/C13H18F2N6O2S/c1-5-6-11(21-13(22)20(4)18-19-21)10(7-23-17-9(3)16)8(2)24-12(14)15/h5-6,12H,1,7H2,2-4H3,(H2,16,17)/b10-8+,11-6+. The number of nitrogens with two attached hydrogens (primary N) is 1. The van der Waals surface area contributed by atoms with Gasteiger partial charge in [-0.25, -0.2) is 4.79 Å². The molecule has 132 valence electrons. The van der Waals surface area contributed by atoms with E-state index in [1.54, 1.807) is 0 Å². The SMILES string of the molecule is C=C/C=C(\C(CO/N=C(/C)N)=C(/C)SC(F)F)n1nnn(C)c1=O. The van der Waals surface area contributed by atoms with Crippen LogP contribution in [0.3, 0.4) is 0 Å². The van der Waals surface area contributed by atoms with Crippen molar-refractivity contribution in [3.63, 3.8) is 0 Å². The van der Waals surface area contributed by atoms with Crippen LogP contribution in [0.2, 0.25) is 0 Å². The minimum atomic E-state index is -2.64. The van der Waals surface area contributed by atoms with E-state index in [1.807, 2.05) is 0 Å². The van der Waals surface area contributed by atoms with E-state index in [2.05, 4.69) is 22.2 Å². The number of amidine groups is 1. The van der Waals surface area contributed by atoms with Crippen LogP contribution in [0.1, 0.15) is 13.8 Å². The Hall–Kier alpha value is -2.43. The van der Waals surface area contributed by atoms with Crippen molar-refractivity contribution >= 4 is 23.3 Å². The van der Waals surface area contributed by atoms with Crippen LogP contribution in [0.15, 0.2) is 39.2 Å². The maximum atomic E-state index is 12.7. The van der Waals surface area contributed by atoms with Crippen LogP contribution in [0, 0.1) is 0 Å². The lowest BCUT2D eigenvalue weighted by atomic mass is 10.2. The van der Waals surface area contributed by atoms with Crippen LogP contribution in [0.5, 0.6) is 0 Å². The molecule has 2 N–H and O–H groups in total. The molecule has 0 aliphatic carbocycles. The predicted molar refractivity (Wildman–Crippen MR) is 89.3 cm³/mol. The molecule has 0 spiro atoms. The quantitative estimate of drug-likeness (QED) is 0.327. The molecule has 1 heterocycles. The summed E-state index contributed by atoms with van der Waals surface area (Å²) in [6.07, 6.45) is 2.84. The van der Waals surface area contributed by atoms with Gasteiger partial charge in [-0.1, -0.05) is 29.6 Å². The number of oxime groups is 1. The topological polar surface area (TPSA) is 100 Å². The summed E-state index contributed by atoms with van der Waals surface area (Å²) in [6, 6.07) is 0. The van der Waals surface area contributed by atoms with Gasteiger partial charge in [-0.15, -0.1) is 0 Å². The summed E-state index contributed by atoms with van der Waals surface area (Å²) in [5.74, 6) is -2.47. The van der Waals surface area contributed by atoms with E-state index in [4.69, 9.17) is 10.6 Å². The highest BCUT2D eigenvalue weighted by atomic mass is 32.2. The fraction of sp³-hybridized carbons (Fsp3) is 0.385. The second-order valence-corrected chi connectivity index (χ2v) is 5.71. The second kappa shape index (κ2) is 9.01. The van der Waals surface area contributed by atoms with Gasteiger partial charge in [-0.05, 0) is 35.3 Å². The number of hydrogen-bond donors (Lipinski definition) is 1. The van der Waals surface area contributed by atoms with Crippen molar-refractivity contribution in [1.29, 1.82) is 0 Å². The van der Waals surface area contributed by atoms with Gasteiger partial charge in [0.1, 0.15) is 12.4 Å². The number of aromatic nitrogens is 4. The molecule has 1 rings (SSSR count). The van der Waals surface area contributed by atoms with Crippen LogP contribution in [0.25, 0.3) is 5.70 Å². The summed E-state index contributed by atoms with van der Waals surface area (Å²) in [7, 11) is 1.42. The van der Waals surface area contributed by atoms with Crippen LogP contribution in [-0.4, -0.2) is 38.0 Å². The second-order valence-electron chi connectivity index (χ2n) is 4.50. The molecule has 0 bridgehead atoms.